The Morgan fingerprint density at radius 1 is 1.10 bits per heavy atom. The van der Waals surface area contributed by atoms with E-state index in [0.717, 1.165) is 22.9 Å². The highest BCUT2D eigenvalue weighted by molar-refractivity contribution is 7.12. The Hall–Kier alpha value is -2.01. The topological polar surface area (TPSA) is 47.6 Å². The van der Waals surface area contributed by atoms with E-state index in [2.05, 4.69) is 10.1 Å². The van der Waals surface area contributed by atoms with Crippen LogP contribution in [0.25, 0.3) is 0 Å². The molecule has 0 radical (unpaired) electrons. The monoisotopic (exact) mass is 291 g/mol. The van der Waals surface area contributed by atoms with Crippen LogP contribution in [-0.4, -0.2) is 20.2 Å². The molecule has 0 saturated heterocycles. The van der Waals surface area contributed by atoms with Gasteiger partial charge in [0.05, 0.1) is 20.6 Å². The van der Waals surface area contributed by atoms with Crippen LogP contribution in [0, 0.1) is 0 Å². The van der Waals surface area contributed by atoms with E-state index in [1.54, 1.807) is 18.4 Å². The molecule has 1 heterocycles. The maximum absolute atomic E-state index is 11.2. The lowest BCUT2D eigenvalue weighted by Crippen LogP contribution is -2.02. The van der Waals surface area contributed by atoms with Crippen molar-refractivity contribution >= 4 is 23.0 Å². The molecule has 0 bridgehead atoms. The Morgan fingerprint density at radius 3 is 2.45 bits per heavy atom. The molecule has 1 N–H and O–H groups in total. The van der Waals surface area contributed by atoms with Crippen molar-refractivity contribution in [2.75, 3.05) is 19.5 Å². The van der Waals surface area contributed by atoms with Gasteiger partial charge in [-0.05, 0) is 36.4 Å². The molecule has 0 saturated carbocycles. The molecule has 0 aliphatic rings. The largest absolute Gasteiger partial charge is 0.497 e. The molecule has 20 heavy (non-hydrogen) atoms. The molecule has 1 aromatic carbocycles. The van der Waals surface area contributed by atoms with E-state index in [9.17, 15) is 4.79 Å². The summed E-state index contributed by atoms with van der Waals surface area (Å²) in [6, 6.07) is 11.8. The number of hydrogen-bond donors (Lipinski definition) is 1. The van der Waals surface area contributed by atoms with Gasteiger partial charge in [-0.1, -0.05) is 0 Å². The van der Waals surface area contributed by atoms with Crippen LogP contribution in [0.5, 0.6) is 5.75 Å². The molecule has 0 unspecified atom stereocenters. The predicted octanol–water partition coefficient (Wildman–Crippen LogP) is 3.08. The van der Waals surface area contributed by atoms with Crippen molar-refractivity contribution in [1.82, 2.24) is 0 Å². The fraction of sp³-hybridized carbons (Fsp3) is 0.267. The van der Waals surface area contributed by atoms with Crippen LogP contribution in [0.1, 0.15) is 9.75 Å². The van der Waals surface area contributed by atoms with Crippen molar-refractivity contribution in [2.45, 2.75) is 13.0 Å². The molecule has 0 fully saturated rings. The van der Waals surface area contributed by atoms with Gasteiger partial charge in [-0.2, -0.15) is 0 Å². The van der Waals surface area contributed by atoms with Gasteiger partial charge in [0.25, 0.3) is 0 Å². The zero-order valence-electron chi connectivity index (χ0n) is 11.5. The average Bonchev–Trinajstić information content (AvgIpc) is 2.93. The Kier molecular flexibility index (Phi) is 5.01. The van der Waals surface area contributed by atoms with Crippen LogP contribution in [0.15, 0.2) is 36.4 Å². The van der Waals surface area contributed by atoms with E-state index in [-0.39, 0.29) is 5.97 Å². The van der Waals surface area contributed by atoms with E-state index in [1.165, 1.54) is 12.0 Å². The summed E-state index contributed by atoms with van der Waals surface area (Å²) in [6.45, 7) is 0.734. The molecule has 0 amide bonds. The Balaban J connectivity index is 1.88. The first-order valence-electron chi connectivity index (χ1n) is 6.23. The first-order chi connectivity index (χ1) is 9.71. The van der Waals surface area contributed by atoms with E-state index in [1.807, 2.05) is 36.4 Å². The van der Waals surface area contributed by atoms with Gasteiger partial charge >= 0.3 is 5.97 Å². The van der Waals surface area contributed by atoms with Crippen LogP contribution in [0.4, 0.5) is 5.69 Å². The third kappa shape index (κ3) is 3.99. The van der Waals surface area contributed by atoms with Gasteiger partial charge in [0, 0.05) is 22.0 Å². The number of esters is 1. The van der Waals surface area contributed by atoms with E-state index in [4.69, 9.17) is 4.74 Å². The van der Waals surface area contributed by atoms with Crippen molar-refractivity contribution in [2.24, 2.45) is 0 Å². The van der Waals surface area contributed by atoms with Crippen molar-refractivity contribution in [3.8, 4) is 5.75 Å². The Labute approximate surface area is 122 Å². The summed E-state index contributed by atoms with van der Waals surface area (Å²) in [5.74, 6) is 0.633. The quantitative estimate of drug-likeness (QED) is 0.831. The maximum atomic E-state index is 11.2. The van der Waals surface area contributed by atoms with Crippen molar-refractivity contribution < 1.29 is 14.3 Å². The van der Waals surface area contributed by atoms with Crippen molar-refractivity contribution in [3.63, 3.8) is 0 Å². The SMILES string of the molecule is COC(=O)Cc1ccc(CNc2ccc(OC)cc2)s1. The maximum Gasteiger partial charge on any atom is 0.310 e. The van der Waals surface area contributed by atoms with Crippen LogP contribution in [0.3, 0.4) is 0 Å². The highest BCUT2D eigenvalue weighted by Crippen LogP contribution is 2.20. The number of nitrogens with one attached hydrogen (secondary N) is 1. The number of ether oxygens (including phenoxy) is 2. The van der Waals surface area contributed by atoms with Gasteiger partial charge in [-0.3, -0.25) is 4.79 Å². The lowest BCUT2D eigenvalue weighted by molar-refractivity contribution is -0.139. The zero-order chi connectivity index (χ0) is 14.4. The van der Waals surface area contributed by atoms with Crippen LogP contribution in [0.2, 0.25) is 0 Å². The molecule has 0 aliphatic heterocycles. The van der Waals surface area contributed by atoms with Crippen LogP contribution in [-0.2, 0) is 22.5 Å². The summed E-state index contributed by atoms with van der Waals surface area (Å²) >= 11 is 1.62. The summed E-state index contributed by atoms with van der Waals surface area (Å²) in [7, 11) is 3.05. The van der Waals surface area contributed by atoms with Gasteiger partial charge < -0.3 is 14.8 Å². The van der Waals surface area contributed by atoms with Gasteiger partial charge in [0.15, 0.2) is 0 Å². The molecule has 2 rings (SSSR count). The summed E-state index contributed by atoms with van der Waals surface area (Å²) in [6.07, 6.45) is 0.337. The van der Waals surface area contributed by atoms with Crippen LogP contribution < -0.4 is 10.1 Å². The number of carbonyl (C=O) groups is 1. The normalized spacial score (nSPS) is 10.1. The first kappa shape index (κ1) is 14.4. The minimum Gasteiger partial charge on any atom is -0.497 e. The molecule has 1 aromatic heterocycles. The molecule has 4 nitrogen and oxygen atoms in total. The fourth-order valence-electron chi connectivity index (χ4n) is 1.72. The zero-order valence-corrected chi connectivity index (χ0v) is 12.3. The van der Waals surface area contributed by atoms with E-state index in [0.29, 0.717) is 6.42 Å². The molecule has 0 spiro atoms. The molecular weight excluding hydrogens is 274 g/mol. The summed E-state index contributed by atoms with van der Waals surface area (Å²) in [5.41, 5.74) is 1.04. The third-order valence-corrected chi connectivity index (χ3v) is 3.91. The smallest absolute Gasteiger partial charge is 0.310 e. The number of rotatable bonds is 6. The lowest BCUT2D eigenvalue weighted by atomic mass is 10.3. The Morgan fingerprint density at radius 2 is 1.80 bits per heavy atom. The molecule has 5 heteroatoms. The Bertz CT molecular complexity index is 563. The number of methoxy groups -OCH3 is 2. The molecule has 2 aromatic rings. The summed E-state index contributed by atoms with van der Waals surface area (Å²) in [4.78, 5) is 13.4. The first-order valence-corrected chi connectivity index (χ1v) is 7.05. The summed E-state index contributed by atoms with van der Waals surface area (Å²) in [5, 5.41) is 3.33. The third-order valence-electron chi connectivity index (χ3n) is 2.82. The minimum absolute atomic E-state index is 0.207. The fourth-order valence-corrected chi connectivity index (χ4v) is 2.67. The van der Waals surface area contributed by atoms with Gasteiger partial charge in [-0.25, -0.2) is 0 Å². The van der Waals surface area contributed by atoms with Gasteiger partial charge in [0.1, 0.15) is 5.75 Å². The van der Waals surface area contributed by atoms with Crippen molar-refractivity contribution in [1.29, 1.82) is 0 Å². The second-order valence-corrected chi connectivity index (χ2v) is 5.46. The van der Waals surface area contributed by atoms with Crippen molar-refractivity contribution in [3.05, 3.63) is 46.2 Å². The van der Waals surface area contributed by atoms with Gasteiger partial charge in [-0.15, -0.1) is 11.3 Å². The van der Waals surface area contributed by atoms with Crippen LogP contribution >= 0.6 is 11.3 Å². The molecule has 0 atom stereocenters. The highest BCUT2D eigenvalue weighted by Gasteiger charge is 2.06. The highest BCUT2D eigenvalue weighted by atomic mass is 32.1. The molecular formula is C15H17NO3S. The number of anilines is 1. The number of benzene rings is 1. The van der Waals surface area contributed by atoms with E-state index >= 15 is 0 Å². The minimum atomic E-state index is -0.207. The summed E-state index contributed by atoms with van der Waals surface area (Å²) < 4.78 is 9.77. The second kappa shape index (κ2) is 6.96. The molecule has 106 valence electrons. The second-order valence-electron chi connectivity index (χ2n) is 4.20. The number of carbonyl (C=O) groups excluding carboxylic acids is 1. The standard InChI is InChI=1S/C15H17NO3S/c1-18-12-5-3-11(4-6-12)16-10-14-8-7-13(20-14)9-15(17)19-2/h3-8,16H,9-10H2,1-2H3. The lowest BCUT2D eigenvalue weighted by Gasteiger charge is -2.05. The van der Waals surface area contributed by atoms with E-state index < -0.39 is 0 Å². The number of hydrogen-bond acceptors (Lipinski definition) is 5. The average molecular weight is 291 g/mol. The number of thiophene rings is 1. The molecule has 0 aliphatic carbocycles. The van der Waals surface area contributed by atoms with Gasteiger partial charge in [0.2, 0.25) is 0 Å². The predicted molar refractivity (Wildman–Crippen MR) is 80.4 cm³/mol.